The van der Waals surface area contributed by atoms with Crippen LogP contribution in [0.15, 0.2) is 59.4 Å². The number of hydrogen-bond acceptors (Lipinski definition) is 3. The fourth-order valence-corrected chi connectivity index (χ4v) is 3.70. The lowest BCUT2D eigenvalue weighted by Crippen LogP contribution is -2.27. The second kappa shape index (κ2) is 8.11. The number of benzene rings is 2. The number of aromatic nitrogens is 2. The molecular formula is C25H25N3O2. The Balaban J connectivity index is 1.63. The SMILES string of the molecule is Cc1ccc2cc(CNC(=O)c3cc(CC(C)C)nc4ccccc34)c(=O)[nH]c2c1. The number of para-hydroxylation sites is 1. The van der Waals surface area contributed by atoms with Gasteiger partial charge < -0.3 is 10.3 Å². The topological polar surface area (TPSA) is 74.8 Å². The lowest BCUT2D eigenvalue weighted by atomic mass is 10.0. The van der Waals surface area contributed by atoms with Crippen molar-refractivity contribution in [2.75, 3.05) is 0 Å². The molecule has 2 N–H and O–H groups in total. The fourth-order valence-electron chi connectivity index (χ4n) is 3.70. The number of aryl methyl sites for hydroxylation is 1. The lowest BCUT2D eigenvalue weighted by molar-refractivity contribution is 0.0952. The van der Waals surface area contributed by atoms with Crippen LogP contribution in [0.25, 0.3) is 21.8 Å². The molecular weight excluding hydrogens is 374 g/mol. The summed E-state index contributed by atoms with van der Waals surface area (Å²) in [5.41, 5.74) is 4.51. The summed E-state index contributed by atoms with van der Waals surface area (Å²) in [5, 5.41) is 4.67. The number of hydrogen-bond donors (Lipinski definition) is 2. The number of H-pyrrole nitrogens is 1. The number of amides is 1. The van der Waals surface area contributed by atoms with E-state index in [1.54, 1.807) is 0 Å². The van der Waals surface area contributed by atoms with Gasteiger partial charge in [-0.25, -0.2) is 0 Å². The summed E-state index contributed by atoms with van der Waals surface area (Å²) in [6.07, 6.45) is 0.800. The normalized spacial score (nSPS) is 11.3. The molecule has 1 amide bonds. The average molecular weight is 399 g/mol. The van der Waals surface area contributed by atoms with Gasteiger partial charge in [0.25, 0.3) is 11.5 Å². The molecule has 30 heavy (non-hydrogen) atoms. The highest BCUT2D eigenvalue weighted by Crippen LogP contribution is 2.20. The van der Waals surface area contributed by atoms with E-state index in [0.29, 0.717) is 17.0 Å². The minimum Gasteiger partial charge on any atom is -0.348 e. The van der Waals surface area contributed by atoms with Gasteiger partial charge in [0.2, 0.25) is 0 Å². The zero-order chi connectivity index (χ0) is 21.3. The van der Waals surface area contributed by atoms with Gasteiger partial charge in [0.15, 0.2) is 0 Å². The molecule has 0 aliphatic rings. The van der Waals surface area contributed by atoms with Gasteiger partial charge in [-0.3, -0.25) is 14.6 Å². The van der Waals surface area contributed by atoms with Crippen LogP contribution in [-0.4, -0.2) is 15.9 Å². The van der Waals surface area contributed by atoms with E-state index in [1.165, 1.54) is 0 Å². The first-order valence-electron chi connectivity index (χ1n) is 10.2. The van der Waals surface area contributed by atoms with Crippen molar-refractivity contribution in [1.82, 2.24) is 15.3 Å². The summed E-state index contributed by atoms with van der Waals surface area (Å²) in [6.45, 7) is 6.40. The van der Waals surface area contributed by atoms with Crippen molar-refractivity contribution in [3.05, 3.63) is 87.3 Å². The van der Waals surface area contributed by atoms with E-state index >= 15 is 0 Å². The van der Waals surface area contributed by atoms with E-state index in [2.05, 4.69) is 24.1 Å². The molecule has 2 heterocycles. The summed E-state index contributed by atoms with van der Waals surface area (Å²) in [7, 11) is 0. The molecule has 0 fully saturated rings. The number of rotatable bonds is 5. The van der Waals surface area contributed by atoms with Gasteiger partial charge in [-0.1, -0.05) is 44.2 Å². The van der Waals surface area contributed by atoms with Crippen LogP contribution in [0.1, 0.15) is 41.0 Å². The number of aromatic amines is 1. The molecule has 5 heteroatoms. The molecule has 4 rings (SSSR count). The van der Waals surface area contributed by atoms with Crippen LogP contribution >= 0.6 is 0 Å². The third kappa shape index (κ3) is 4.10. The summed E-state index contributed by atoms with van der Waals surface area (Å²) >= 11 is 0. The first-order chi connectivity index (χ1) is 14.4. The Bertz CT molecular complexity index is 1310. The molecule has 5 nitrogen and oxygen atoms in total. The van der Waals surface area contributed by atoms with E-state index in [-0.39, 0.29) is 18.0 Å². The third-order valence-electron chi connectivity index (χ3n) is 5.15. The monoisotopic (exact) mass is 399 g/mol. The van der Waals surface area contributed by atoms with Crippen molar-refractivity contribution in [2.45, 2.75) is 33.7 Å². The molecule has 0 aliphatic carbocycles. The Morgan fingerprint density at radius 3 is 2.70 bits per heavy atom. The number of pyridine rings is 2. The number of fused-ring (bicyclic) bond motifs is 2. The van der Waals surface area contributed by atoms with Crippen LogP contribution in [0.5, 0.6) is 0 Å². The minimum absolute atomic E-state index is 0.161. The predicted octanol–water partition coefficient (Wildman–Crippen LogP) is 4.51. The number of nitrogens with one attached hydrogen (secondary N) is 2. The molecule has 0 saturated carbocycles. The standard InChI is InChI=1S/C25H25N3O2/c1-15(2)10-19-13-21(20-6-4-5-7-22(20)27-19)25(30)26-14-18-12-17-9-8-16(3)11-23(17)28-24(18)29/h4-9,11-13,15H,10,14H2,1-3H3,(H,26,30)(H,28,29). The Hall–Kier alpha value is -3.47. The van der Waals surface area contributed by atoms with Crippen LogP contribution in [0.4, 0.5) is 0 Å². The van der Waals surface area contributed by atoms with Gasteiger partial charge in [0, 0.05) is 28.7 Å². The zero-order valence-corrected chi connectivity index (χ0v) is 17.5. The van der Waals surface area contributed by atoms with Crippen LogP contribution in [0.2, 0.25) is 0 Å². The van der Waals surface area contributed by atoms with Crippen molar-refractivity contribution in [3.8, 4) is 0 Å². The predicted molar refractivity (Wildman–Crippen MR) is 121 cm³/mol. The lowest BCUT2D eigenvalue weighted by Gasteiger charge is -2.12. The van der Waals surface area contributed by atoms with Gasteiger partial charge in [-0.05, 0) is 54.5 Å². The third-order valence-corrected chi connectivity index (χ3v) is 5.15. The molecule has 0 spiro atoms. The van der Waals surface area contributed by atoms with Crippen molar-refractivity contribution >= 4 is 27.7 Å². The van der Waals surface area contributed by atoms with Crippen LogP contribution < -0.4 is 10.9 Å². The maximum atomic E-state index is 13.0. The maximum absolute atomic E-state index is 13.0. The fraction of sp³-hybridized carbons (Fsp3) is 0.240. The first kappa shape index (κ1) is 19.8. The molecule has 0 unspecified atom stereocenters. The first-order valence-corrected chi connectivity index (χ1v) is 10.2. The van der Waals surface area contributed by atoms with Gasteiger partial charge >= 0.3 is 0 Å². The summed E-state index contributed by atoms with van der Waals surface area (Å²) in [4.78, 5) is 33.1. The van der Waals surface area contributed by atoms with Crippen LogP contribution in [0.3, 0.4) is 0 Å². The Morgan fingerprint density at radius 2 is 1.90 bits per heavy atom. The molecule has 0 saturated heterocycles. The van der Waals surface area contributed by atoms with E-state index in [1.807, 2.05) is 61.5 Å². The van der Waals surface area contributed by atoms with E-state index < -0.39 is 0 Å². The molecule has 0 atom stereocenters. The van der Waals surface area contributed by atoms with E-state index in [4.69, 9.17) is 4.98 Å². The van der Waals surface area contributed by atoms with Crippen LogP contribution in [0, 0.1) is 12.8 Å². The van der Waals surface area contributed by atoms with Gasteiger partial charge in [0.1, 0.15) is 0 Å². The highest BCUT2D eigenvalue weighted by Gasteiger charge is 2.14. The highest BCUT2D eigenvalue weighted by molar-refractivity contribution is 6.06. The number of carbonyl (C=O) groups is 1. The van der Waals surface area contributed by atoms with E-state index in [9.17, 15) is 9.59 Å². The maximum Gasteiger partial charge on any atom is 0.253 e. The average Bonchev–Trinajstić information content (AvgIpc) is 2.71. The Labute approximate surface area is 175 Å². The molecule has 0 aliphatic heterocycles. The smallest absolute Gasteiger partial charge is 0.253 e. The zero-order valence-electron chi connectivity index (χ0n) is 17.5. The second-order valence-corrected chi connectivity index (χ2v) is 8.17. The van der Waals surface area contributed by atoms with Crippen molar-refractivity contribution in [1.29, 1.82) is 0 Å². The molecule has 0 radical (unpaired) electrons. The highest BCUT2D eigenvalue weighted by atomic mass is 16.1. The summed E-state index contributed by atoms with van der Waals surface area (Å²) in [5.74, 6) is 0.233. The second-order valence-electron chi connectivity index (χ2n) is 8.17. The number of nitrogens with zero attached hydrogens (tertiary/aromatic N) is 1. The quantitative estimate of drug-likeness (QED) is 0.518. The Kier molecular flexibility index (Phi) is 5.36. The molecule has 2 aromatic heterocycles. The van der Waals surface area contributed by atoms with Crippen LogP contribution in [-0.2, 0) is 13.0 Å². The molecule has 4 aromatic rings. The largest absolute Gasteiger partial charge is 0.348 e. The van der Waals surface area contributed by atoms with Gasteiger partial charge in [0.05, 0.1) is 11.1 Å². The summed E-state index contributed by atoms with van der Waals surface area (Å²) in [6, 6.07) is 17.3. The van der Waals surface area contributed by atoms with Gasteiger partial charge in [-0.2, -0.15) is 0 Å². The molecule has 2 aromatic carbocycles. The van der Waals surface area contributed by atoms with E-state index in [0.717, 1.165) is 39.5 Å². The van der Waals surface area contributed by atoms with Crippen molar-refractivity contribution < 1.29 is 4.79 Å². The van der Waals surface area contributed by atoms with Crippen molar-refractivity contribution in [2.24, 2.45) is 5.92 Å². The minimum atomic E-state index is -0.206. The molecule has 152 valence electrons. The Morgan fingerprint density at radius 1 is 1.10 bits per heavy atom. The molecule has 0 bridgehead atoms. The number of carbonyl (C=O) groups excluding carboxylic acids is 1. The van der Waals surface area contributed by atoms with Crippen molar-refractivity contribution in [3.63, 3.8) is 0 Å². The van der Waals surface area contributed by atoms with Gasteiger partial charge in [-0.15, -0.1) is 0 Å². The summed E-state index contributed by atoms with van der Waals surface area (Å²) < 4.78 is 0.